The number of aromatic hydroxyl groups is 1. The molecule has 1 aromatic heterocycles. The summed E-state index contributed by atoms with van der Waals surface area (Å²) in [5.41, 5.74) is 12.5. The molecule has 330 valence electrons. The number of imidazole rings is 1. The molecule has 0 spiro atoms. The van der Waals surface area contributed by atoms with Crippen LogP contribution in [-0.4, -0.2) is 123 Å². The largest absolute Gasteiger partial charge is 0.508 e. The van der Waals surface area contributed by atoms with Gasteiger partial charge in [0.05, 0.1) is 32.1 Å². The fourth-order valence-electron chi connectivity index (χ4n) is 5.80. The molecule has 0 aliphatic heterocycles. The van der Waals surface area contributed by atoms with Crippen molar-refractivity contribution >= 4 is 47.3 Å². The molecule has 61 heavy (non-hydrogen) atoms. The van der Waals surface area contributed by atoms with Crippen LogP contribution in [0.4, 0.5) is 0 Å². The van der Waals surface area contributed by atoms with E-state index in [2.05, 4.69) is 47.2 Å². The highest BCUT2D eigenvalue weighted by molar-refractivity contribution is 5.97. The lowest BCUT2D eigenvalue weighted by atomic mass is 10.0. The molecule has 0 aliphatic rings. The number of aliphatic hydroxyl groups is 1. The highest BCUT2D eigenvalue weighted by Gasteiger charge is 2.32. The number of phenols is 1. The molecule has 8 amide bonds. The molecule has 3 rings (SSSR count). The van der Waals surface area contributed by atoms with Crippen LogP contribution in [0.3, 0.4) is 0 Å². The molecule has 2 aromatic carbocycles. The van der Waals surface area contributed by atoms with Gasteiger partial charge in [-0.2, -0.15) is 0 Å². The number of aromatic amines is 1. The number of hydrogen-bond acceptors (Lipinski definition) is 12. The highest BCUT2D eigenvalue weighted by atomic mass is 16.3. The van der Waals surface area contributed by atoms with Crippen molar-refractivity contribution in [1.82, 2.24) is 47.2 Å². The number of nitrogens with one attached hydrogen (secondary N) is 8. The van der Waals surface area contributed by atoms with Crippen LogP contribution in [0.15, 0.2) is 67.1 Å². The van der Waals surface area contributed by atoms with Gasteiger partial charge in [0.2, 0.25) is 47.3 Å². The normalized spacial score (nSPS) is 13.9. The van der Waals surface area contributed by atoms with Gasteiger partial charge in [-0.05, 0) is 42.5 Å². The molecule has 6 unspecified atom stereocenters. The lowest BCUT2D eigenvalue weighted by molar-refractivity contribution is -0.135. The van der Waals surface area contributed by atoms with Crippen LogP contribution in [0, 0.1) is 5.92 Å². The van der Waals surface area contributed by atoms with Crippen molar-refractivity contribution in [3.05, 3.63) is 83.9 Å². The van der Waals surface area contributed by atoms with Gasteiger partial charge in [0.1, 0.15) is 36.0 Å². The van der Waals surface area contributed by atoms with Crippen molar-refractivity contribution in [2.24, 2.45) is 17.4 Å². The van der Waals surface area contributed by atoms with Gasteiger partial charge in [0.25, 0.3) is 0 Å². The Morgan fingerprint density at radius 3 is 1.64 bits per heavy atom. The number of H-pyrrole nitrogens is 1. The van der Waals surface area contributed by atoms with E-state index in [4.69, 9.17) is 11.5 Å². The Hall–Kier alpha value is -6.87. The minimum Gasteiger partial charge on any atom is -0.508 e. The molecule has 6 atom stereocenters. The molecule has 21 nitrogen and oxygen atoms in total. The quantitative estimate of drug-likeness (QED) is 0.0421. The fraction of sp³-hybridized carbons (Fsp3) is 0.425. The van der Waals surface area contributed by atoms with Crippen LogP contribution in [0.1, 0.15) is 44.0 Å². The molecule has 0 radical (unpaired) electrons. The molecule has 0 aliphatic carbocycles. The number of phenolic OH excluding ortho intramolecular Hbond substituents is 1. The predicted molar refractivity (Wildman–Crippen MR) is 219 cm³/mol. The highest BCUT2D eigenvalue weighted by Crippen LogP contribution is 2.13. The number of aliphatic hydroxyl groups excluding tert-OH is 1. The van der Waals surface area contributed by atoms with Crippen LogP contribution < -0.4 is 48.7 Å². The summed E-state index contributed by atoms with van der Waals surface area (Å²) in [6, 6.07) is 6.65. The van der Waals surface area contributed by atoms with Gasteiger partial charge in [0.15, 0.2) is 0 Å². The van der Waals surface area contributed by atoms with Crippen molar-refractivity contribution in [2.45, 2.75) is 82.7 Å². The second kappa shape index (κ2) is 24.3. The first-order valence-corrected chi connectivity index (χ1v) is 19.5. The van der Waals surface area contributed by atoms with Gasteiger partial charge in [-0.15, -0.1) is 0 Å². The lowest BCUT2D eigenvalue weighted by Gasteiger charge is -2.26. The minimum atomic E-state index is -1.66. The Morgan fingerprint density at radius 1 is 0.639 bits per heavy atom. The Bertz CT molecular complexity index is 1940. The van der Waals surface area contributed by atoms with E-state index < -0.39 is 103 Å². The molecule has 21 heteroatoms. The zero-order chi connectivity index (χ0) is 45.1. The van der Waals surface area contributed by atoms with E-state index in [0.29, 0.717) is 16.8 Å². The molecule has 3 aromatic rings. The molecular weight excluding hydrogens is 795 g/mol. The zero-order valence-electron chi connectivity index (χ0n) is 34.1. The maximum Gasteiger partial charge on any atom is 0.245 e. The van der Waals surface area contributed by atoms with E-state index in [1.165, 1.54) is 43.7 Å². The Kier molecular flexibility index (Phi) is 19.3. The van der Waals surface area contributed by atoms with Crippen molar-refractivity contribution in [1.29, 1.82) is 0 Å². The smallest absolute Gasteiger partial charge is 0.245 e. The van der Waals surface area contributed by atoms with Gasteiger partial charge < -0.3 is 63.9 Å². The number of amides is 8. The van der Waals surface area contributed by atoms with Crippen LogP contribution in [0.25, 0.3) is 0 Å². The average molecular weight is 850 g/mol. The van der Waals surface area contributed by atoms with E-state index in [9.17, 15) is 48.6 Å². The summed E-state index contributed by atoms with van der Waals surface area (Å²) in [5, 5.41) is 37.4. The number of hydrogen-bond donors (Lipinski definition) is 12. The number of aromatic nitrogens is 2. The Balaban J connectivity index is 1.81. The summed E-state index contributed by atoms with van der Waals surface area (Å²) < 4.78 is 0. The second-order valence-corrected chi connectivity index (χ2v) is 14.7. The van der Waals surface area contributed by atoms with Gasteiger partial charge in [0, 0.05) is 31.2 Å². The van der Waals surface area contributed by atoms with Crippen molar-refractivity contribution in [2.75, 3.05) is 19.7 Å². The number of carbonyl (C=O) groups is 8. The third-order valence-corrected chi connectivity index (χ3v) is 9.02. The van der Waals surface area contributed by atoms with Crippen LogP contribution in [-0.2, 0) is 57.6 Å². The lowest BCUT2D eigenvalue weighted by Crippen LogP contribution is -2.60. The Labute approximate surface area is 352 Å². The zero-order valence-corrected chi connectivity index (χ0v) is 34.1. The van der Waals surface area contributed by atoms with Crippen molar-refractivity contribution < 1.29 is 48.6 Å². The van der Waals surface area contributed by atoms with Crippen molar-refractivity contribution in [3.63, 3.8) is 0 Å². The van der Waals surface area contributed by atoms with E-state index in [-0.39, 0.29) is 37.4 Å². The van der Waals surface area contributed by atoms with Crippen molar-refractivity contribution in [3.8, 4) is 5.75 Å². The van der Waals surface area contributed by atoms with E-state index >= 15 is 0 Å². The van der Waals surface area contributed by atoms with E-state index in [1.807, 2.05) is 13.8 Å². The maximum atomic E-state index is 13.9. The topological polar surface area (TPSA) is 342 Å². The number of nitrogens with two attached hydrogens (primary N) is 2. The predicted octanol–water partition coefficient (Wildman–Crippen LogP) is -3.33. The number of nitrogens with zero attached hydrogens (tertiary/aromatic N) is 1. The number of primary amides is 1. The third kappa shape index (κ3) is 17.1. The molecular formula is C40H55N11O10. The van der Waals surface area contributed by atoms with E-state index in [1.54, 1.807) is 30.3 Å². The fourth-order valence-corrected chi connectivity index (χ4v) is 5.80. The van der Waals surface area contributed by atoms with Crippen LogP contribution in [0.5, 0.6) is 5.75 Å². The summed E-state index contributed by atoms with van der Waals surface area (Å²) in [7, 11) is 0. The van der Waals surface area contributed by atoms with Gasteiger partial charge in [-0.25, -0.2) is 4.98 Å². The van der Waals surface area contributed by atoms with Gasteiger partial charge in [-0.3, -0.25) is 38.4 Å². The number of carbonyl (C=O) groups excluding carboxylic acids is 8. The Morgan fingerprint density at radius 2 is 1.13 bits per heavy atom. The summed E-state index contributed by atoms with van der Waals surface area (Å²) >= 11 is 0. The molecule has 1 heterocycles. The standard InChI is InChI=1S/C40H55N11O10/c1-22(2)13-28(35(42)56)47-33(54)19-45-37(58)29(14-24-7-5-4-6-8-24)49-40(61)32(20-52)51-38(59)30(15-25-9-11-27(53)12-10-25)50-39(60)31(16-26-17-43-21-46-26)48-34(55)18-44-36(57)23(3)41/h4-12,17,21-23,28-32,52-53H,13-16,18-20,41H2,1-3H3,(H2,42,56)(H,43,46)(H,44,57)(H,45,58)(H,47,54)(H,48,55)(H,49,61)(H,50,60)(H,51,59). The maximum absolute atomic E-state index is 13.9. The first-order valence-electron chi connectivity index (χ1n) is 19.5. The molecule has 0 saturated heterocycles. The number of rotatable bonds is 24. The average Bonchev–Trinajstić information content (AvgIpc) is 3.74. The third-order valence-electron chi connectivity index (χ3n) is 9.02. The molecule has 14 N–H and O–H groups in total. The first-order chi connectivity index (χ1) is 28.9. The summed E-state index contributed by atoms with van der Waals surface area (Å²) in [4.78, 5) is 111. The minimum absolute atomic E-state index is 0.0296. The SMILES string of the molecule is CC(C)CC(NC(=O)CNC(=O)C(Cc1ccccc1)NC(=O)C(CO)NC(=O)C(Cc1ccc(O)cc1)NC(=O)C(Cc1cnc[nH]1)NC(=O)CNC(=O)C(C)N)C(N)=O. The summed E-state index contributed by atoms with van der Waals surface area (Å²) in [5.74, 6) is -6.43. The number of benzene rings is 2. The van der Waals surface area contributed by atoms with Crippen LogP contribution in [0.2, 0.25) is 0 Å². The molecule has 0 bridgehead atoms. The van der Waals surface area contributed by atoms with Gasteiger partial charge in [-0.1, -0.05) is 56.3 Å². The molecule has 0 saturated carbocycles. The molecule has 0 fully saturated rings. The second-order valence-electron chi connectivity index (χ2n) is 14.7. The summed E-state index contributed by atoms with van der Waals surface area (Å²) in [6.07, 6.45) is 2.67. The van der Waals surface area contributed by atoms with Gasteiger partial charge >= 0.3 is 0 Å². The summed E-state index contributed by atoms with van der Waals surface area (Å²) in [6.45, 7) is 3.08. The van der Waals surface area contributed by atoms with Crippen LogP contribution >= 0.6 is 0 Å². The monoisotopic (exact) mass is 849 g/mol. The first kappa shape index (κ1) is 48.5. The van der Waals surface area contributed by atoms with E-state index in [0.717, 1.165) is 0 Å².